The first-order valence-corrected chi connectivity index (χ1v) is 14.9. The Kier molecular flexibility index (Phi) is 7.34. The molecule has 0 bridgehead atoms. The highest BCUT2D eigenvalue weighted by atomic mass is 32.2. The van der Waals surface area contributed by atoms with Gasteiger partial charge in [-0.15, -0.1) is 11.3 Å². The van der Waals surface area contributed by atoms with Gasteiger partial charge in [-0.05, 0) is 61.6 Å². The molecule has 8 nitrogen and oxygen atoms in total. The second kappa shape index (κ2) is 10.5. The summed E-state index contributed by atoms with van der Waals surface area (Å²) in [5.74, 6) is 0.588. The number of sulfonamides is 1. The molecule has 2 aromatic carbocycles. The maximum Gasteiger partial charge on any atom is 0.213 e. The molecule has 10 heteroatoms. The third kappa shape index (κ3) is 5.71. The Morgan fingerprint density at radius 3 is 2.84 bits per heavy atom. The first-order valence-electron chi connectivity index (χ1n) is 12.4. The minimum Gasteiger partial charge on any atom is -0.490 e. The number of benzene rings is 2. The molecule has 1 fully saturated rings. The molecule has 194 valence electrons. The van der Waals surface area contributed by atoms with Crippen molar-refractivity contribution in [3.8, 4) is 32.8 Å². The number of likely N-dealkylation sites (tertiary alicyclic amines) is 1. The number of nitrogens with one attached hydrogen (secondary N) is 1. The van der Waals surface area contributed by atoms with Crippen LogP contribution in [0.5, 0.6) is 5.75 Å². The molecule has 37 heavy (non-hydrogen) atoms. The number of aromatic nitrogens is 1. The number of ether oxygens (including phenoxy) is 1. The van der Waals surface area contributed by atoms with E-state index in [0.29, 0.717) is 37.4 Å². The lowest BCUT2D eigenvalue weighted by Crippen LogP contribution is -2.52. The summed E-state index contributed by atoms with van der Waals surface area (Å²) in [7, 11) is -3.44. The number of hydrogen-bond acceptors (Lipinski definition) is 8. The Morgan fingerprint density at radius 1 is 1.30 bits per heavy atom. The molecule has 2 N–H and O–H groups in total. The molecule has 2 heterocycles. The fraction of sp³-hybridized carbons (Fsp3) is 0.407. The number of aliphatic hydroxyl groups excluding tert-OH is 1. The Morgan fingerprint density at radius 2 is 2.11 bits per heavy atom. The van der Waals surface area contributed by atoms with Crippen molar-refractivity contribution in [3.63, 3.8) is 0 Å². The van der Waals surface area contributed by atoms with Crippen molar-refractivity contribution < 1.29 is 18.3 Å². The topological polar surface area (TPSA) is 116 Å². The summed E-state index contributed by atoms with van der Waals surface area (Å²) in [6, 6.07) is 13.5. The van der Waals surface area contributed by atoms with Gasteiger partial charge in [0.1, 0.15) is 16.8 Å². The molecule has 0 amide bonds. The third-order valence-corrected chi connectivity index (χ3v) is 9.13. The zero-order chi connectivity index (χ0) is 26.2. The normalized spacial score (nSPS) is 18.0. The zero-order valence-corrected chi connectivity index (χ0v) is 22.5. The second-order valence-electron chi connectivity index (χ2n) is 9.83. The molecular formula is C27H30N4O4S2. The van der Waals surface area contributed by atoms with E-state index in [1.165, 1.54) is 0 Å². The molecule has 0 radical (unpaired) electrons. The fourth-order valence-electron chi connectivity index (χ4n) is 4.90. The first kappa shape index (κ1) is 25.8. The lowest BCUT2D eigenvalue weighted by molar-refractivity contribution is 0.00619. The van der Waals surface area contributed by atoms with E-state index in [0.717, 1.165) is 38.6 Å². The zero-order valence-electron chi connectivity index (χ0n) is 20.8. The highest BCUT2D eigenvalue weighted by Crippen LogP contribution is 2.41. The van der Waals surface area contributed by atoms with Gasteiger partial charge >= 0.3 is 0 Å². The number of thiazole rings is 1. The Hall–Kier alpha value is -2.81. The maximum absolute atomic E-state index is 12.7. The minimum atomic E-state index is -3.44. The van der Waals surface area contributed by atoms with Crippen molar-refractivity contribution in [2.75, 3.05) is 25.4 Å². The van der Waals surface area contributed by atoms with Crippen LogP contribution in [0.25, 0.3) is 21.0 Å². The summed E-state index contributed by atoms with van der Waals surface area (Å²) in [6.45, 7) is 5.35. The summed E-state index contributed by atoms with van der Waals surface area (Å²) < 4.78 is 34.1. The van der Waals surface area contributed by atoms with Gasteiger partial charge in [0.05, 0.1) is 28.4 Å². The highest BCUT2D eigenvalue weighted by Gasteiger charge is 2.30. The third-order valence-electron chi connectivity index (χ3n) is 6.69. The Labute approximate surface area is 221 Å². The molecule has 0 saturated carbocycles. The Bertz CT molecular complexity index is 1440. The van der Waals surface area contributed by atoms with E-state index in [4.69, 9.17) is 4.74 Å². The summed E-state index contributed by atoms with van der Waals surface area (Å²) in [5, 5.41) is 19.8. The van der Waals surface area contributed by atoms with E-state index in [-0.39, 0.29) is 24.0 Å². The molecular weight excluding hydrogens is 508 g/mol. The largest absolute Gasteiger partial charge is 0.490 e. The highest BCUT2D eigenvalue weighted by molar-refractivity contribution is 7.89. The van der Waals surface area contributed by atoms with Gasteiger partial charge in [0, 0.05) is 37.4 Å². The van der Waals surface area contributed by atoms with Crippen molar-refractivity contribution in [1.29, 1.82) is 5.26 Å². The number of nitriles is 1. The van der Waals surface area contributed by atoms with Crippen LogP contribution in [-0.4, -0.2) is 61.0 Å². The number of rotatable bonds is 9. The van der Waals surface area contributed by atoms with Gasteiger partial charge in [-0.25, -0.2) is 18.1 Å². The van der Waals surface area contributed by atoms with Crippen LogP contribution in [0.2, 0.25) is 0 Å². The van der Waals surface area contributed by atoms with Crippen molar-refractivity contribution in [2.24, 2.45) is 0 Å². The molecule has 1 unspecified atom stereocenters. The average molecular weight is 539 g/mol. The SMILES string of the molecule is CC(C)Oc1ccc(-c2ncc(-c3cccc4c3CCC4NS(=O)(=O)CCN3CC(O)C3)s2)cc1C#N. The quantitative estimate of drug-likeness (QED) is 0.427. The fourth-order valence-corrected chi connectivity index (χ4v) is 7.16. The molecule has 5 rings (SSSR count). The van der Waals surface area contributed by atoms with Crippen molar-refractivity contribution in [1.82, 2.24) is 14.6 Å². The summed E-state index contributed by atoms with van der Waals surface area (Å²) in [4.78, 5) is 7.57. The molecule has 0 spiro atoms. The van der Waals surface area contributed by atoms with Crippen LogP contribution in [0.15, 0.2) is 42.6 Å². The molecule has 1 aliphatic heterocycles. The van der Waals surface area contributed by atoms with Crippen molar-refractivity contribution >= 4 is 21.4 Å². The number of hydrogen-bond donors (Lipinski definition) is 2. The number of nitrogens with zero attached hydrogens (tertiary/aromatic N) is 3. The van der Waals surface area contributed by atoms with Gasteiger partial charge in [0.2, 0.25) is 10.0 Å². The molecule has 1 atom stereocenters. The molecule has 2 aliphatic rings. The lowest BCUT2D eigenvalue weighted by atomic mass is 10.0. The van der Waals surface area contributed by atoms with Gasteiger partial charge in [-0.1, -0.05) is 18.2 Å². The van der Waals surface area contributed by atoms with Crippen LogP contribution in [-0.2, 0) is 16.4 Å². The van der Waals surface area contributed by atoms with Gasteiger partial charge in [-0.3, -0.25) is 4.90 Å². The van der Waals surface area contributed by atoms with Crippen LogP contribution in [0.1, 0.15) is 43.0 Å². The summed E-state index contributed by atoms with van der Waals surface area (Å²) in [6.07, 6.45) is 2.98. The predicted octanol–water partition coefficient (Wildman–Crippen LogP) is 3.72. The van der Waals surface area contributed by atoms with E-state index in [2.05, 4.69) is 21.8 Å². The van der Waals surface area contributed by atoms with Gasteiger partial charge in [-0.2, -0.15) is 5.26 Å². The maximum atomic E-state index is 12.7. The van der Waals surface area contributed by atoms with Crippen LogP contribution in [0, 0.1) is 11.3 Å². The van der Waals surface area contributed by atoms with Crippen molar-refractivity contribution in [3.05, 3.63) is 59.3 Å². The smallest absolute Gasteiger partial charge is 0.213 e. The van der Waals surface area contributed by atoms with E-state index in [1.807, 2.05) is 49.2 Å². The van der Waals surface area contributed by atoms with Crippen LogP contribution in [0.3, 0.4) is 0 Å². The monoisotopic (exact) mass is 538 g/mol. The average Bonchev–Trinajstić information content (AvgIpc) is 3.49. The van der Waals surface area contributed by atoms with Gasteiger partial charge < -0.3 is 9.84 Å². The first-order chi connectivity index (χ1) is 17.7. The number of β-amino-alcohol motifs (C(OH)–C–C–N with tert-alkyl or cyclic N) is 1. The summed E-state index contributed by atoms with van der Waals surface area (Å²) >= 11 is 1.55. The van der Waals surface area contributed by atoms with E-state index >= 15 is 0 Å². The lowest BCUT2D eigenvalue weighted by Gasteiger charge is -2.35. The molecule has 3 aromatic rings. The molecule has 1 aliphatic carbocycles. The Balaban J connectivity index is 1.33. The summed E-state index contributed by atoms with van der Waals surface area (Å²) in [5.41, 5.74) is 4.56. The van der Waals surface area contributed by atoms with Crippen LogP contribution >= 0.6 is 11.3 Å². The van der Waals surface area contributed by atoms with Gasteiger partial charge in [0.25, 0.3) is 0 Å². The van der Waals surface area contributed by atoms with Crippen molar-refractivity contribution in [2.45, 2.75) is 44.9 Å². The minimum absolute atomic E-state index is 0.0209. The number of fused-ring (bicyclic) bond motifs is 1. The van der Waals surface area contributed by atoms with E-state index < -0.39 is 10.0 Å². The van der Waals surface area contributed by atoms with Crippen LogP contribution < -0.4 is 9.46 Å². The molecule has 1 aromatic heterocycles. The second-order valence-corrected chi connectivity index (χ2v) is 12.7. The number of aliphatic hydroxyl groups is 1. The van der Waals surface area contributed by atoms with Gasteiger partial charge in [0.15, 0.2) is 0 Å². The predicted molar refractivity (Wildman–Crippen MR) is 144 cm³/mol. The van der Waals surface area contributed by atoms with Crippen LogP contribution in [0.4, 0.5) is 0 Å². The van der Waals surface area contributed by atoms with E-state index in [1.54, 1.807) is 17.4 Å². The molecule has 1 saturated heterocycles. The standard InChI is InChI=1S/C27H30N4O4S2/c1-17(2)35-25-9-6-18(12-19(25)13-28)27-29-14-26(36-27)23-5-3-4-22-21(23)7-8-24(22)30-37(33,34)11-10-31-15-20(32)16-31/h3-6,9,12,14,17,20,24,30,32H,7-8,10-11,15-16H2,1-2H3. The van der Waals surface area contributed by atoms with E-state index in [9.17, 15) is 18.8 Å².